The lowest BCUT2D eigenvalue weighted by molar-refractivity contribution is -0.0611. The summed E-state index contributed by atoms with van der Waals surface area (Å²) in [6.07, 6.45) is 2.51. The molecule has 0 aliphatic heterocycles. The van der Waals surface area contributed by atoms with Gasteiger partial charge in [0.05, 0.1) is 17.0 Å². The van der Waals surface area contributed by atoms with E-state index in [2.05, 4.69) is 9.97 Å². The van der Waals surface area contributed by atoms with Gasteiger partial charge in [-0.2, -0.15) is 5.10 Å². The Kier molecular flexibility index (Phi) is 4.38. The minimum absolute atomic E-state index is 0.0183. The number of rotatable bonds is 5. The molecule has 1 aliphatic carbocycles. The highest BCUT2D eigenvalue weighted by Crippen LogP contribution is 2.43. The van der Waals surface area contributed by atoms with Gasteiger partial charge in [0.25, 0.3) is 0 Å². The number of hydrogen-bond acceptors (Lipinski definition) is 7. The Morgan fingerprint density at radius 1 is 1.03 bits per heavy atom. The van der Waals surface area contributed by atoms with Gasteiger partial charge in [0.1, 0.15) is 29.3 Å². The van der Waals surface area contributed by atoms with Gasteiger partial charge < -0.3 is 21.3 Å². The zero-order valence-corrected chi connectivity index (χ0v) is 16.3. The fourth-order valence-corrected chi connectivity index (χ4v) is 3.91. The van der Waals surface area contributed by atoms with Crippen molar-refractivity contribution in [3.05, 3.63) is 60.9 Å². The Labute approximate surface area is 173 Å². The van der Waals surface area contributed by atoms with Gasteiger partial charge in [-0.15, -0.1) is 0 Å². The van der Waals surface area contributed by atoms with E-state index in [-0.39, 0.29) is 12.6 Å². The van der Waals surface area contributed by atoms with Crippen molar-refractivity contribution in [1.29, 1.82) is 0 Å². The maximum Gasteiger partial charge on any atom is 0.164 e. The second-order valence-electron chi connectivity index (χ2n) is 7.68. The van der Waals surface area contributed by atoms with E-state index < -0.39 is 5.60 Å². The van der Waals surface area contributed by atoms with E-state index in [1.54, 1.807) is 0 Å². The van der Waals surface area contributed by atoms with Gasteiger partial charge in [-0.1, -0.05) is 18.2 Å². The quantitative estimate of drug-likeness (QED) is 0.469. The fourth-order valence-electron chi connectivity index (χ4n) is 3.91. The number of benzene rings is 2. The van der Waals surface area contributed by atoms with Gasteiger partial charge in [-0.25, -0.2) is 14.6 Å². The summed E-state index contributed by atoms with van der Waals surface area (Å²) >= 11 is 0. The lowest BCUT2D eigenvalue weighted by atomic mass is 9.76. The molecule has 0 bridgehead atoms. The monoisotopic (exact) mass is 402 g/mol. The third-order valence-electron chi connectivity index (χ3n) is 5.58. The first kappa shape index (κ1) is 18.5. The third-order valence-corrected chi connectivity index (χ3v) is 5.58. The van der Waals surface area contributed by atoms with Gasteiger partial charge in [-0.3, -0.25) is 0 Å². The molecule has 2 heterocycles. The molecule has 0 saturated heterocycles. The van der Waals surface area contributed by atoms with E-state index in [4.69, 9.17) is 21.3 Å². The predicted molar refractivity (Wildman–Crippen MR) is 114 cm³/mol. The number of nitrogens with zero attached hydrogens (tertiary/aromatic N) is 4. The molecular formula is C22H22N6O2. The summed E-state index contributed by atoms with van der Waals surface area (Å²) in [4.78, 5) is 8.56. The summed E-state index contributed by atoms with van der Waals surface area (Å²) in [6.45, 7) is 0.232. The van der Waals surface area contributed by atoms with Crippen LogP contribution < -0.4 is 16.2 Å². The van der Waals surface area contributed by atoms with Crippen LogP contribution in [0, 0.1) is 0 Å². The van der Waals surface area contributed by atoms with E-state index in [0.29, 0.717) is 35.4 Å². The van der Waals surface area contributed by atoms with Crippen molar-refractivity contribution in [3.63, 3.8) is 0 Å². The highest BCUT2D eigenvalue weighted by molar-refractivity contribution is 5.98. The summed E-state index contributed by atoms with van der Waals surface area (Å²) in [7, 11) is 0. The lowest BCUT2D eigenvalue weighted by Crippen LogP contribution is -2.50. The Bertz CT molecular complexity index is 1180. The number of nitrogen functional groups attached to an aromatic ring is 1. The molecule has 2 aromatic heterocycles. The van der Waals surface area contributed by atoms with Crippen LogP contribution in [-0.4, -0.2) is 37.0 Å². The minimum Gasteiger partial charge on any atom is -0.457 e. The topological polar surface area (TPSA) is 125 Å². The Balaban J connectivity index is 1.50. The Morgan fingerprint density at radius 3 is 2.43 bits per heavy atom. The number of nitrogens with two attached hydrogens (primary N) is 2. The van der Waals surface area contributed by atoms with Crippen LogP contribution in [-0.2, 0) is 0 Å². The normalized spacial score (nSPS) is 20.8. The van der Waals surface area contributed by atoms with Crippen molar-refractivity contribution in [1.82, 2.24) is 19.7 Å². The molecule has 152 valence electrons. The number of aromatic nitrogens is 4. The van der Waals surface area contributed by atoms with Crippen LogP contribution in [0.15, 0.2) is 60.9 Å². The molecule has 2 aromatic carbocycles. The van der Waals surface area contributed by atoms with E-state index in [9.17, 15) is 5.11 Å². The Hall–Kier alpha value is -3.49. The first-order valence-electron chi connectivity index (χ1n) is 9.81. The first-order valence-corrected chi connectivity index (χ1v) is 9.81. The predicted octanol–water partition coefficient (Wildman–Crippen LogP) is 2.89. The second kappa shape index (κ2) is 7.08. The van der Waals surface area contributed by atoms with E-state index in [1.807, 2.05) is 59.3 Å². The van der Waals surface area contributed by atoms with Crippen molar-refractivity contribution >= 4 is 16.9 Å². The van der Waals surface area contributed by atoms with Crippen molar-refractivity contribution in [2.45, 2.75) is 24.5 Å². The summed E-state index contributed by atoms with van der Waals surface area (Å²) in [6, 6.07) is 17.3. The minimum atomic E-state index is -0.835. The highest BCUT2D eigenvalue weighted by atomic mass is 16.5. The summed E-state index contributed by atoms with van der Waals surface area (Å²) in [5.74, 6) is 1.87. The number of hydrogen-bond donors (Lipinski definition) is 3. The summed E-state index contributed by atoms with van der Waals surface area (Å²) in [5, 5.41) is 15.8. The third kappa shape index (κ3) is 3.16. The van der Waals surface area contributed by atoms with Gasteiger partial charge in [0.15, 0.2) is 5.65 Å². The molecule has 0 spiro atoms. The number of ether oxygens (including phenoxy) is 1. The van der Waals surface area contributed by atoms with E-state index in [0.717, 1.165) is 17.1 Å². The molecule has 8 heteroatoms. The maximum atomic E-state index is 10.3. The van der Waals surface area contributed by atoms with Crippen LogP contribution in [0.5, 0.6) is 11.5 Å². The largest absolute Gasteiger partial charge is 0.457 e. The highest BCUT2D eigenvalue weighted by Gasteiger charge is 2.44. The Morgan fingerprint density at radius 2 is 1.73 bits per heavy atom. The average Bonchev–Trinajstić information content (AvgIpc) is 3.13. The van der Waals surface area contributed by atoms with E-state index in [1.165, 1.54) is 6.33 Å². The van der Waals surface area contributed by atoms with Gasteiger partial charge in [0.2, 0.25) is 0 Å². The maximum absolute atomic E-state index is 10.3. The van der Waals surface area contributed by atoms with Gasteiger partial charge >= 0.3 is 0 Å². The SMILES string of the molecule is NCC1(O)CC(n2nc(-c3ccc(Oc4ccccc4)cc3)c3c(N)ncnc32)C1. The molecule has 1 fully saturated rings. The van der Waals surface area contributed by atoms with Crippen LogP contribution in [0.1, 0.15) is 18.9 Å². The lowest BCUT2D eigenvalue weighted by Gasteiger charge is -2.42. The zero-order valence-electron chi connectivity index (χ0n) is 16.3. The molecule has 30 heavy (non-hydrogen) atoms. The molecule has 0 radical (unpaired) electrons. The van der Waals surface area contributed by atoms with E-state index >= 15 is 0 Å². The zero-order chi connectivity index (χ0) is 20.7. The average molecular weight is 402 g/mol. The number of para-hydroxylation sites is 1. The summed E-state index contributed by atoms with van der Waals surface area (Å²) < 4.78 is 7.71. The van der Waals surface area contributed by atoms with Gasteiger partial charge in [-0.05, 0) is 36.4 Å². The van der Waals surface area contributed by atoms with Crippen molar-refractivity contribution < 1.29 is 9.84 Å². The number of anilines is 1. The molecule has 1 saturated carbocycles. The molecule has 5 rings (SSSR count). The molecule has 5 N–H and O–H groups in total. The number of fused-ring (bicyclic) bond motifs is 1. The van der Waals surface area contributed by atoms with Gasteiger partial charge in [0, 0.05) is 24.9 Å². The molecule has 4 aromatic rings. The van der Waals surface area contributed by atoms with Crippen LogP contribution in [0.2, 0.25) is 0 Å². The molecule has 1 aliphatic rings. The number of aliphatic hydroxyl groups is 1. The van der Waals surface area contributed by atoms with Crippen molar-refractivity contribution in [2.24, 2.45) is 5.73 Å². The van der Waals surface area contributed by atoms with Crippen molar-refractivity contribution in [3.8, 4) is 22.8 Å². The standard InChI is InChI=1S/C22H22N6O2/c23-12-22(29)10-15(11-22)28-21-18(20(24)25-13-26-21)19(27-28)14-6-8-17(9-7-14)30-16-4-2-1-3-5-16/h1-9,13,15,29H,10-12,23H2,(H2,24,25,26). The molecule has 0 atom stereocenters. The summed E-state index contributed by atoms with van der Waals surface area (Å²) in [5.41, 5.74) is 13.3. The molecule has 8 nitrogen and oxygen atoms in total. The fraction of sp³-hybridized carbons (Fsp3) is 0.227. The van der Waals surface area contributed by atoms with Crippen LogP contribution in [0.3, 0.4) is 0 Å². The molecular weight excluding hydrogens is 380 g/mol. The molecule has 0 unspecified atom stereocenters. The molecule has 0 amide bonds. The van der Waals surface area contributed by atoms with Crippen LogP contribution in [0.4, 0.5) is 5.82 Å². The van der Waals surface area contributed by atoms with Crippen molar-refractivity contribution in [2.75, 3.05) is 12.3 Å². The first-order chi connectivity index (χ1) is 14.6. The second-order valence-corrected chi connectivity index (χ2v) is 7.68. The van der Waals surface area contributed by atoms with Crippen LogP contribution in [0.25, 0.3) is 22.3 Å². The smallest absolute Gasteiger partial charge is 0.164 e. The van der Waals surface area contributed by atoms with Crippen LogP contribution >= 0.6 is 0 Å².